The fourth-order valence-corrected chi connectivity index (χ4v) is 3.84. The molecule has 0 spiro atoms. The van der Waals surface area contributed by atoms with E-state index in [0.717, 1.165) is 35.8 Å². The van der Waals surface area contributed by atoms with Crippen molar-refractivity contribution in [1.29, 1.82) is 0 Å². The molecular weight excluding hydrogens is 402 g/mol. The lowest BCUT2D eigenvalue weighted by molar-refractivity contribution is -0.122. The summed E-state index contributed by atoms with van der Waals surface area (Å²) in [6.45, 7) is 6.09. The first-order valence-corrected chi connectivity index (χ1v) is 10.9. The fraction of sp³-hybridized carbons (Fsp3) is 0.231. The number of anilines is 3. The summed E-state index contributed by atoms with van der Waals surface area (Å²) < 4.78 is 5.75. The first-order valence-electron chi connectivity index (χ1n) is 10.9. The van der Waals surface area contributed by atoms with Crippen molar-refractivity contribution < 1.29 is 14.3 Å². The summed E-state index contributed by atoms with van der Waals surface area (Å²) in [4.78, 5) is 27.6. The van der Waals surface area contributed by atoms with Gasteiger partial charge >= 0.3 is 0 Å². The van der Waals surface area contributed by atoms with Crippen molar-refractivity contribution in [3.8, 4) is 5.75 Å². The van der Waals surface area contributed by atoms with Gasteiger partial charge in [0.15, 0.2) is 6.10 Å². The number of hydrogen-bond donors (Lipinski definition) is 2. The predicted molar refractivity (Wildman–Crippen MR) is 128 cm³/mol. The number of carbonyl (C=O) groups is 2. The molecule has 1 unspecified atom stereocenters. The van der Waals surface area contributed by atoms with Crippen LogP contribution in [0, 0.1) is 0 Å². The summed E-state index contributed by atoms with van der Waals surface area (Å²) in [6, 6.07) is 22.3. The molecule has 1 aliphatic rings. The van der Waals surface area contributed by atoms with Gasteiger partial charge in [0.1, 0.15) is 5.75 Å². The van der Waals surface area contributed by atoms with Crippen molar-refractivity contribution in [2.45, 2.75) is 26.4 Å². The van der Waals surface area contributed by atoms with Gasteiger partial charge in [0.25, 0.3) is 11.8 Å². The van der Waals surface area contributed by atoms with Crippen LogP contribution in [0.2, 0.25) is 0 Å². The molecule has 3 aromatic carbocycles. The summed E-state index contributed by atoms with van der Waals surface area (Å²) in [5.41, 5.74) is 3.88. The van der Waals surface area contributed by atoms with Crippen LogP contribution < -0.4 is 20.3 Å². The SMILES string of the molecule is CCN(CC)c1ccc(NC(=O)c2cccc(NC(=O)C3Cc4ccccc4O3)c2)cc1. The minimum absolute atomic E-state index is 0.231. The zero-order chi connectivity index (χ0) is 22.5. The topological polar surface area (TPSA) is 70.7 Å². The van der Waals surface area contributed by atoms with E-state index in [4.69, 9.17) is 4.74 Å². The minimum atomic E-state index is -0.575. The number of para-hydroxylation sites is 1. The minimum Gasteiger partial charge on any atom is -0.480 e. The summed E-state index contributed by atoms with van der Waals surface area (Å²) in [5, 5.41) is 5.77. The van der Waals surface area contributed by atoms with Gasteiger partial charge < -0.3 is 20.3 Å². The zero-order valence-corrected chi connectivity index (χ0v) is 18.3. The van der Waals surface area contributed by atoms with E-state index in [1.807, 2.05) is 48.5 Å². The Kier molecular flexibility index (Phi) is 6.40. The summed E-state index contributed by atoms with van der Waals surface area (Å²) >= 11 is 0. The van der Waals surface area contributed by atoms with Crippen LogP contribution in [0.25, 0.3) is 0 Å². The molecular formula is C26H27N3O3. The highest BCUT2D eigenvalue weighted by Gasteiger charge is 2.28. The molecule has 0 radical (unpaired) electrons. The zero-order valence-electron chi connectivity index (χ0n) is 18.3. The van der Waals surface area contributed by atoms with E-state index in [1.165, 1.54) is 0 Å². The Morgan fingerprint density at radius 2 is 1.66 bits per heavy atom. The molecule has 1 aliphatic heterocycles. The average molecular weight is 430 g/mol. The van der Waals surface area contributed by atoms with E-state index >= 15 is 0 Å². The monoisotopic (exact) mass is 429 g/mol. The van der Waals surface area contributed by atoms with E-state index in [-0.39, 0.29) is 11.8 Å². The molecule has 4 rings (SSSR count). The second-order valence-corrected chi connectivity index (χ2v) is 7.66. The molecule has 6 nitrogen and oxygen atoms in total. The van der Waals surface area contributed by atoms with Crippen molar-refractivity contribution in [3.05, 3.63) is 83.9 Å². The van der Waals surface area contributed by atoms with Crippen molar-refractivity contribution in [3.63, 3.8) is 0 Å². The van der Waals surface area contributed by atoms with Crippen LogP contribution in [-0.4, -0.2) is 31.0 Å². The highest BCUT2D eigenvalue weighted by molar-refractivity contribution is 6.05. The second-order valence-electron chi connectivity index (χ2n) is 7.66. The predicted octanol–water partition coefficient (Wildman–Crippen LogP) is 4.73. The maximum Gasteiger partial charge on any atom is 0.265 e. The van der Waals surface area contributed by atoms with Crippen LogP contribution in [0.5, 0.6) is 5.75 Å². The standard InChI is InChI=1S/C26H27N3O3/c1-3-29(4-2)22-14-12-20(13-15-22)27-25(30)19-9-7-10-21(16-19)28-26(31)24-17-18-8-5-6-11-23(18)32-24/h5-16,24H,3-4,17H2,1-2H3,(H,27,30)(H,28,31). The lowest BCUT2D eigenvalue weighted by atomic mass is 10.1. The third-order valence-electron chi connectivity index (χ3n) is 5.59. The Hall–Kier alpha value is -3.80. The summed E-state index contributed by atoms with van der Waals surface area (Å²) in [7, 11) is 0. The highest BCUT2D eigenvalue weighted by Crippen LogP contribution is 2.28. The molecule has 3 aromatic rings. The third kappa shape index (κ3) is 4.75. The maximum atomic E-state index is 12.7. The van der Waals surface area contributed by atoms with Crippen LogP contribution in [0.4, 0.5) is 17.1 Å². The Morgan fingerprint density at radius 3 is 2.38 bits per heavy atom. The molecule has 6 heteroatoms. The number of nitrogens with zero attached hydrogens (tertiary/aromatic N) is 1. The smallest absolute Gasteiger partial charge is 0.265 e. The van der Waals surface area contributed by atoms with E-state index < -0.39 is 6.10 Å². The Bertz CT molecular complexity index is 1080. The van der Waals surface area contributed by atoms with E-state index in [0.29, 0.717) is 17.7 Å². The normalized spacial score (nSPS) is 14.2. The number of carbonyl (C=O) groups excluding carboxylic acids is 2. The molecule has 32 heavy (non-hydrogen) atoms. The number of fused-ring (bicyclic) bond motifs is 1. The first kappa shape index (κ1) is 21.4. The van der Waals surface area contributed by atoms with Crippen LogP contribution in [0.3, 0.4) is 0 Å². The maximum absolute atomic E-state index is 12.7. The van der Waals surface area contributed by atoms with Gasteiger partial charge in [-0.3, -0.25) is 9.59 Å². The Labute approximate surface area is 188 Å². The van der Waals surface area contributed by atoms with Gasteiger partial charge in [-0.05, 0) is 67.9 Å². The van der Waals surface area contributed by atoms with Crippen molar-refractivity contribution in [1.82, 2.24) is 0 Å². The molecule has 0 aliphatic carbocycles. The molecule has 2 N–H and O–H groups in total. The van der Waals surface area contributed by atoms with Gasteiger partial charge in [0.05, 0.1) is 0 Å². The fourth-order valence-electron chi connectivity index (χ4n) is 3.84. The molecule has 1 heterocycles. The van der Waals surface area contributed by atoms with Gasteiger partial charge in [0, 0.05) is 42.1 Å². The van der Waals surface area contributed by atoms with Crippen LogP contribution in [0.1, 0.15) is 29.8 Å². The lowest BCUT2D eigenvalue weighted by Crippen LogP contribution is -2.31. The van der Waals surface area contributed by atoms with Gasteiger partial charge in [-0.1, -0.05) is 24.3 Å². The highest BCUT2D eigenvalue weighted by atomic mass is 16.5. The third-order valence-corrected chi connectivity index (χ3v) is 5.59. The van der Waals surface area contributed by atoms with Crippen LogP contribution in [0.15, 0.2) is 72.8 Å². The molecule has 164 valence electrons. The Balaban J connectivity index is 1.38. The van der Waals surface area contributed by atoms with Crippen LogP contribution in [-0.2, 0) is 11.2 Å². The number of amides is 2. The quantitative estimate of drug-likeness (QED) is 0.570. The van der Waals surface area contributed by atoms with Crippen molar-refractivity contribution in [2.75, 3.05) is 28.6 Å². The molecule has 2 amide bonds. The number of benzene rings is 3. The first-order chi connectivity index (χ1) is 15.6. The molecule has 0 saturated carbocycles. The van der Waals surface area contributed by atoms with Gasteiger partial charge in [0.2, 0.25) is 0 Å². The average Bonchev–Trinajstić information content (AvgIpc) is 3.26. The summed E-state index contributed by atoms with van der Waals surface area (Å²) in [6.07, 6.45) is -0.0414. The molecule has 0 fully saturated rings. The van der Waals surface area contributed by atoms with Crippen molar-refractivity contribution >= 4 is 28.9 Å². The Morgan fingerprint density at radius 1 is 0.906 bits per heavy atom. The lowest BCUT2D eigenvalue weighted by Gasteiger charge is -2.21. The largest absolute Gasteiger partial charge is 0.480 e. The van der Waals surface area contributed by atoms with Crippen LogP contribution >= 0.6 is 0 Å². The van der Waals surface area contributed by atoms with Gasteiger partial charge in [-0.25, -0.2) is 0 Å². The second kappa shape index (κ2) is 9.56. The molecule has 1 atom stereocenters. The molecule has 0 aromatic heterocycles. The molecule has 0 saturated heterocycles. The number of ether oxygens (including phenoxy) is 1. The number of nitrogens with one attached hydrogen (secondary N) is 2. The van der Waals surface area contributed by atoms with E-state index in [9.17, 15) is 9.59 Å². The van der Waals surface area contributed by atoms with E-state index in [1.54, 1.807) is 24.3 Å². The van der Waals surface area contributed by atoms with E-state index in [2.05, 4.69) is 29.4 Å². The van der Waals surface area contributed by atoms with Crippen molar-refractivity contribution in [2.24, 2.45) is 0 Å². The number of rotatable bonds is 7. The summed E-state index contributed by atoms with van der Waals surface area (Å²) in [5.74, 6) is 0.278. The van der Waals surface area contributed by atoms with Gasteiger partial charge in [-0.15, -0.1) is 0 Å². The van der Waals surface area contributed by atoms with Gasteiger partial charge in [-0.2, -0.15) is 0 Å². The molecule has 0 bridgehead atoms. The number of hydrogen-bond acceptors (Lipinski definition) is 4.